The zero-order valence-electron chi connectivity index (χ0n) is 19.4. The highest BCUT2D eigenvalue weighted by molar-refractivity contribution is 7.98. The zero-order valence-corrected chi connectivity index (χ0v) is 21.9. The van der Waals surface area contributed by atoms with Gasteiger partial charge < -0.3 is 26.8 Å². The number of rotatable bonds is 16. The maximum atomic E-state index is 13.1. The number of carbonyl (C=O) groups is 4. The molecule has 0 aromatic heterocycles. The number of hydrogen-bond acceptors (Lipinski definition) is 8. The summed E-state index contributed by atoms with van der Waals surface area (Å²) in [4.78, 5) is 49.8. The maximum absolute atomic E-state index is 13.1. The summed E-state index contributed by atoms with van der Waals surface area (Å²) >= 11 is 7.18. The van der Waals surface area contributed by atoms with Crippen LogP contribution in [0.15, 0.2) is 30.3 Å². The fourth-order valence-corrected chi connectivity index (χ4v) is 4.16. The number of carboxylic acid groups (broad SMARTS) is 1. The number of carbonyl (C=O) groups excluding carboxylic acids is 3. The number of benzene rings is 1. The van der Waals surface area contributed by atoms with Gasteiger partial charge in [-0.05, 0) is 42.4 Å². The van der Waals surface area contributed by atoms with Crippen LogP contribution in [-0.4, -0.2) is 82.7 Å². The minimum atomic E-state index is -1.15. The first-order valence-corrected chi connectivity index (χ1v) is 14.2. The predicted molar refractivity (Wildman–Crippen MR) is 141 cm³/mol. The summed E-state index contributed by atoms with van der Waals surface area (Å²) in [6.45, 7) is 0. The van der Waals surface area contributed by atoms with Gasteiger partial charge in [-0.25, -0.2) is 4.79 Å². The van der Waals surface area contributed by atoms with E-state index in [0.717, 1.165) is 5.56 Å². The third kappa shape index (κ3) is 11.0. The predicted octanol–water partition coefficient (Wildman–Crippen LogP) is 0.531. The Morgan fingerprint density at radius 2 is 1.41 bits per heavy atom. The molecule has 0 heterocycles. The van der Waals surface area contributed by atoms with Crippen molar-refractivity contribution < 1.29 is 24.3 Å². The van der Waals surface area contributed by atoms with E-state index in [1.54, 1.807) is 11.8 Å². The number of nitrogens with one attached hydrogen (secondary N) is 3. The largest absolute Gasteiger partial charge is 0.480 e. The van der Waals surface area contributed by atoms with E-state index in [9.17, 15) is 24.3 Å². The fraction of sp³-hybridized carbons (Fsp3) is 0.545. The van der Waals surface area contributed by atoms with Crippen LogP contribution in [0.3, 0.4) is 0 Å². The Morgan fingerprint density at radius 1 is 0.882 bits per heavy atom. The number of thiol groups is 1. The van der Waals surface area contributed by atoms with Gasteiger partial charge in [0.05, 0.1) is 6.04 Å². The lowest BCUT2D eigenvalue weighted by molar-refractivity contribution is -0.142. The van der Waals surface area contributed by atoms with Crippen molar-refractivity contribution in [2.24, 2.45) is 5.73 Å². The molecule has 0 aliphatic rings. The summed E-state index contributed by atoms with van der Waals surface area (Å²) in [5.41, 5.74) is 6.77. The van der Waals surface area contributed by atoms with Crippen LogP contribution in [-0.2, 0) is 25.6 Å². The lowest BCUT2D eigenvalue weighted by Crippen LogP contribution is -2.58. The van der Waals surface area contributed by atoms with Gasteiger partial charge in [0, 0.05) is 12.2 Å². The number of thioether (sulfide) groups is 2. The van der Waals surface area contributed by atoms with Crippen LogP contribution in [0.2, 0.25) is 0 Å². The van der Waals surface area contributed by atoms with Crippen LogP contribution in [0.4, 0.5) is 0 Å². The molecule has 1 aromatic rings. The van der Waals surface area contributed by atoms with Crippen LogP contribution in [0, 0.1) is 0 Å². The van der Waals surface area contributed by atoms with Crippen LogP contribution in [0.25, 0.3) is 0 Å². The minimum absolute atomic E-state index is 0.0499. The monoisotopic (exact) mass is 530 g/mol. The Bertz CT molecular complexity index is 800. The first-order chi connectivity index (χ1) is 16.2. The van der Waals surface area contributed by atoms with Crippen LogP contribution < -0.4 is 21.7 Å². The van der Waals surface area contributed by atoms with Gasteiger partial charge >= 0.3 is 5.97 Å². The van der Waals surface area contributed by atoms with Gasteiger partial charge in [0.25, 0.3) is 0 Å². The summed E-state index contributed by atoms with van der Waals surface area (Å²) in [5, 5.41) is 17.1. The Hall–Kier alpha value is -1.89. The van der Waals surface area contributed by atoms with Crippen LogP contribution in [0.1, 0.15) is 18.4 Å². The second-order valence-corrected chi connectivity index (χ2v) is 9.90. The van der Waals surface area contributed by atoms with Crippen molar-refractivity contribution in [2.45, 2.75) is 43.4 Å². The first-order valence-electron chi connectivity index (χ1n) is 10.8. The van der Waals surface area contributed by atoms with E-state index in [0.29, 0.717) is 17.9 Å². The van der Waals surface area contributed by atoms with E-state index in [-0.39, 0.29) is 18.6 Å². The third-order valence-electron chi connectivity index (χ3n) is 4.93. The average molecular weight is 531 g/mol. The maximum Gasteiger partial charge on any atom is 0.326 e. The molecule has 0 radical (unpaired) electrons. The van der Waals surface area contributed by atoms with E-state index in [2.05, 4.69) is 28.6 Å². The molecule has 0 spiro atoms. The van der Waals surface area contributed by atoms with Crippen molar-refractivity contribution in [3.8, 4) is 0 Å². The molecule has 0 fully saturated rings. The van der Waals surface area contributed by atoms with Gasteiger partial charge in [0.2, 0.25) is 17.7 Å². The quantitative estimate of drug-likeness (QED) is 0.169. The van der Waals surface area contributed by atoms with Gasteiger partial charge in [0.15, 0.2) is 0 Å². The molecule has 0 aliphatic carbocycles. The standard InChI is InChI=1S/C22H34N4O5S3/c1-33-10-8-15(23)19(27)25-17(12-14-6-4-3-5-7-14)20(28)26-18(13-32)21(29)24-16(22(30)31)9-11-34-2/h3-7,15-18,32H,8-13,23H2,1-2H3,(H,24,29)(H,25,27)(H,26,28)(H,30,31). The third-order valence-corrected chi connectivity index (χ3v) is 6.58. The molecule has 4 atom stereocenters. The zero-order chi connectivity index (χ0) is 25.5. The van der Waals surface area contributed by atoms with Gasteiger partial charge in [-0.15, -0.1) is 0 Å². The summed E-state index contributed by atoms with van der Waals surface area (Å²) < 4.78 is 0. The molecule has 0 aliphatic heterocycles. The molecule has 3 amide bonds. The van der Waals surface area contributed by atoms with Crippen molar-refractivity contribution >= 4 is 59.8 Å². The highest BCUT2D eigenvalue weighted by Crippen LogP contribution is 2.07. The summed E-state index contributed by atoms with van der Waals surface area (Å²) in [6.07, 6.45) is 4.65. The summed E-state index contributed by atoms with van der Waals surface area (Å²) in [6, 6.07) is 5.24. The van der Waals surface area contributed by atoms with E-state index in [1.807, 2.05) is 42.8 Å². The second-order valence-electron chi connectivity index (χ2n) is 7.56. The Balaban J connectivity index is 2.93. The van der Waals surface area contributed by atoms with Gasteiger partial charge in [0.1, 0.15) is 18.1 Å². The van der Waals surface area contributed by atoms with Crippen molar-refractivity contribution in [3.63, 3.8) is 0 Å². The van der Waals surface area contributed by atoms with Crippen LogP contribution in [0.5, 0.6) is 0 Å². The molecular formula is C22H34N4O5S3. The first kappa shape index (κ1) is 30.1. The molecule has 1 rings (SSSR count). The number of nitrogens with two attached hydrogens (primary N) is 1. The number of amides is 3. The highest BCUT2D eigenvalue weighted by atomic mass is 32.2. The number of carboxylic acids is 1. The van der Waals surface area contributed by atoms with Crippen molar-refractivity contribution in [1.29, 1.82) is 0 Å². The molecule has 190 valence electrons. The normalized spacial score (nSPS) is 14.4. The SMILES string of the molecule is CSCCC(N)C(=O)NC(Cc1ccccc1)C(=O)NC(CS)C(=O)NC(CCSC)C(=O)O. The molecule has 0 bridgehead atoms. The van der Waals surface area contributed by atoms with E-state index in [4.69, 9.17) is 5.73 Å². The van der Waals surface area contributed by atoms with Crippen LogP contribution >= 0.6 is 36.2 Å². The Labute approximate surface area is 214 Å². The number of hydrogen-bond donors (Lipinski definition) is 6. The topological polar surface area (TPSA) is 151 Å². The van der Waals surface area contributed by atoms with E-state index in [1.165, 1.54) is 11.8 Å². The fourth-order valence-electron chi connectivity index (χ4n) is 2.95. The number of aliphatic carboxylic acids is 1. The highest BCUT2D eigenvalue weighted by Gasteiger charge is 2.29. The molecule has 34 heavy (non-hydrogen) atoms. The van der Waals surface area contributed by atoms with Crippen molar-refractivity contribution in [3.05, 3.63) is 35.9 Å². The molecule has 0 saturated heterocycles. The summed E-state index contributed by atoms with van der Waals surface area (Å²) in [7, 11) is 0. The molecule has 1 aromatic carbocycles. The van der Waals surface area contributed by atoms with Crippen molar-refractivity contribution in [2.75, 3.05) is 29.8 Å². The molecule has 6 N–H and O–H groups in total. The minimum Gasteiger partial charge on any atom is -0.480 e. The van der Waals surface area contributed by atoms with Gasteiger partial charge in [-0.3, -0.25) is 14.4 Å². The van der Waals surface area contributed by atoms with Gasteiger partial charge in [-0.1, -0.05) is 30.3 Å². The molecule has 12 heteroatoms. The van der Waals surface area contributed by atoms with Crippen molar-refractivity contribution in [1.82, 2.24) is 16.0 Å². The average Bonchev–Trinajstić information content (AvgIpc) is 2.83. The van der Waals surface area contributed by atoms with E-state index >= 15 is 0 Å². The summed E-state index contributed by atoms with van der Waals surface area (Å²) in [5.74, 6) is -1.64. The lowest BCUT2D eigenvalue weighted by Gasteiger charge is -2.24. The smallest absolute Gasteiger partial charge is 0.326 e. The molecule has 4 unspecified atom stereocenters. The van der Waals surface area contributed by atoms with Gasteiger partial charge in [-0.2, -0.15) is 36.2 Å². The molecule has 9 nitrogen and oxygen atoms in total. The van der Waals surface area contributed by atoms with E-state index < -0.39 is 47.9 Å². The lowest BCUT2D eigenvalue weighted by atomic mass is 10.0. The molecule has 0 saturated carbocycles. The Kier molecular flexibility index (Phi) is 14.8. The molecular weight excluding hydrogens is 496 g/mol. The second kappa shape index (κ2) is 16.7. The Morgan fingerprint density at radius 3 is 1.97 bits per heavy atom.